The Morgan fingerprint density at radius 3 is 2.58 bits per heavy atom. The fourth-order valence-electron chi connectivity index (χ4n) is 3.03. The van der Waals surface area contributed by atoms with Crippen molar-refractivity contribution in [1.29, 1.82) is 0 Å². The Bertz CT molecular complexity index is 402. The lowest BCUT2D eigenvalue weighted by molar-refractivity contribution is 0.237. The van der Waals surface area contributed by atoms with Gasteiger partial charge < -0.3 is 15.3 Å². The molecule has 1 aromatic rings. The van der Waals surface area contributed by atoms with Crippen LogP contribution in [0.5, 0.6) is 5.75 Å². The van der Waals surface area contributed by atoms with Gasteiger partial charge in [0.15, 0.2) is 0 Å². The van der Waals surface area contributed by atoms with Crippen molar-refractivity contribution in [3.05, 3.63) is 28.8 Å². The van der Waals surface area contributed by atoms with E-state index in [1.54, 1.807) is 0 Å². The van der Waals surface area contributed by atoms with Gasteiger partial charge in [-0.15, -0.1) is 0 Å². The summed E-state index contributed by atoms with van der Waals surface area (Å²) in [6.07, 6.45) is 2.64. The molecule has 0 bridgehead atoms. The number of rotatable bonds is 4. The summed E-state index contributed by atoms with van der Waals surface area (Å²) in [6.45, 7) is 8.37. The van der Waals surface area contributed by atoms with Crippen LogP contribution >= 0.6 is 0 Å². The van der Waals surface area contributed by atoms with Crippen LogP contribution in [0.2, 0.25) is 0 Å². The second kappa shape index (κ2) is 6.40. The average molecular weight is 262 g/mol. The van der Waals surface area contributed by atoms with Crippen molar-refractivity contribution >= 4 is 0 Å². The van der Waals surface area contributed by atoms with Crippen LogP contribution in [0.4, 0.5) is 0 Å². The minimum atomic E-state index is 0.433. The Hall–Kier alpha value is -1.06. The smallest absolute Gasteiger partial charge is 0.121 e. The molecule has 0 saturated carbocycles. The van der Waals surface area contributed by atoms with Crippen LogP contribution in [0.25, 0.3) is 0 Å². The van der Waals surface area contributed by atoms with Crippen molar-refractivity contribution < 1.29 is 5.11 Å². The van der Waals surface area contributed by atoms with E-state index in [1.165, 1.54) is 24.9 Å². The maximum Gasteiger partial charge on any atom is 0.121 e. The Labute approximate surface area is 116 Å². The number of aryl methyl sites for hydroxylation is 2. The summed E-state index contributed by atoms with van der Waals surface area (Å²) < 4.78 is 0. The van der Waals surface area contributed by atoms with Gasteiger partial charge in [-0.25, -0.2) is 0 Å². The van der Waals surface area contributed by atoms with E-state index in [4.69, 9.17) is 0 Å². The minimum Gasteiger partial charge on any atom is -0.507 e. The molecule has 1 atom stereocenters. The summed E-state index contributed by atoms with van der Waals surface area (Å²) >= 11 is 0. The first-order chi connectivity index (χ1) is 9.06. The number of hydrogen-bond donors (Lipinski definition) is 2. The fraction of sp³-hybridized carbons (Fsp3) is 0.625. The third kappa shape index (κ3) is 3.95. The molecule has 0 aliphatic carbocycles. The lowest BCUT2D eigenvalue weighted by atomic mass is 9.99. The molecular weight excluding hydrogens is 236 g/mol. The van der Waals surface area contributed by atoms with E-state index < -0.39 is 0 Å². The molecule has 0 spiro atoms. The summed E-state index contributed by atoms with van der Waals surface area (Å²) in [7, 11) is 2.19. The summed E-state index contributed by atoms with van der Waals surface area (Å²) in [5, 5.41) is 13.3. The number of nitrogens with one attached hydrogen (secondary N) is 1. The molecule has 3 heteroatoms. The monoisotopic (exact) mass is 262 g/mol. The van der Waals surface area contributed by atoms with Crippen LogP contribution in [-0.4, -0.2) is 36.7 Å². The Morgan fingerprint density at radius 2 is 2.00 bits per heavy atom. The molecule has 0 radical (unpaired) electrons. The topological polar surface area (TPSA) is 35.5 Å². The van der Waals surface area contributed by atoms with Crippen LogP contribution in [0.15, 0.2) is 12.1 Å². The van der Waals surface area contributed by atoms with Crippen molar-refractivity contribution in [2.24, 2.45) is 5.92 Å². The van der Waals surface area contributed by atoms with Crippen LogP contribution in [0, 0.1) is 19.8 Å². The van der Waals surface area contributed by atoms with Crippen LogP contribution in [0.3, 0.4) is 0 Å². The quantitative estimate of drug-likeness (QED) is 0.875. The lowest BCUT2D eigenvalue weighted by Gasteiger charge is -2.27. The maximum absolute atomic E-state index is 9.80. The number of benzene rings is 1. The number of nitrogens with zero attached hydrogens (tertiary/aromatic N) is 1. The third-order valence-corrected chi connectivity index (χ3v) is 3.97. The molecular formula is C16H26N2O. The highest BCUT2D eigenvalue weighted by Crippen LogP contribution is 2.23. The number of phenolic OH excluding ortho intramolecular Hbond substituents is 1. The number of hydrogen-bond acceptors (Lipinski definition) is 3. The molecule has 106 valence electrons. The highest BCUT2D eigenvalue weighted by atomic mass is 16.3. The van der Waals surface area contributed by atoms with Crippen molar-refractivity contribution in [2.45, 2.75) is 33.2 Å². The summed E-state index contributed by atoms with van der Waals surface area (Å²) in [6, 6.07) is 4.19. The van der Waals surface area contributed by atoms with Gasteiger partial charge in [0.25, 0.3) is 0 Å². The molecule has 0 amide bonds. The molecule has 1 fully saturated rings. The molecule has 3 nitrogen and oxygen atoms in total. The van der Waals surface area contributed by atoms with Gasteiger partial charge in [-0.05, 0) is 69.4 Å². The predicted molar refractivity (Wildman–Crippen MR) is 79.5 cm³/mol. The molecule has 19 heavy (non-hydrogen) atoms. The van der Waals surface area contributed by atoms with Gasteiger partial charge in [-0.1, -0.05) is 12.1 Å². The number of aromatic hydroxyl groups is 1. The third-order valence-electron chi connectivity index (χ3n) is 3.97. The first-order valence-corrected chi connectivity index (χ1v) is 7.24. The van der Waals surface area contributed by atoms with Crippen molar-refractivity contribution in [1.82, 2.24) is 10.2 Å². The van der Waals surface area contributed by atoms with Crippen molar-refractivity contribution in [3.8, 4) is 5.75 Å². The van der Waals surface area contributed by atoms with Gasteiger partial charge in [0, 0.05) is 13.1 Å². The first kappa shape index (κ1) is 14.4. The maximum atomic E-state index is 9.80. The van der Waals surface area contributed by atoms with E-state index in [9.17, 15) is 5.11 Å². The Kier molecular flexibility index (Phi) is 4.83. The molecule has 1 unspecified atom stereocenters. The van der Waals surface area contributed by atoms with E-state index in [-0.39, 0.29) is 0 Å². The van der Waals surface area contributed by atoms with E-state index in [0.717, 1.165) is 36.7 Å². The predicted octanol–water partition coefficient (Wildman–Crippen LogP) is 2.44. The summed E-state index contributed by atoms with van der Waals surface area (Å²) in [5.74, 6) is 1.21. The van der Waals surface area contributed by atoms with E-state index in [1.807, 2.05) is 13.8 Å². The van der Waals surface area contributed by atoms with Crippen molar-refractivity contribution in [2.75, 3.05) is 26.7 Å². The molecule has 2 rings (SSSR count). The van der Waals surface area contributed by atoms with E-state index in [0.29, 0.717) is 5.75 Å². The zero-order valence-corrected chi connectivity index (χ0v) is 12.4. The molecule has 1 aliphatic heterocycles. The van der Waals surface area contributed by atoms with E-state index >= 15 is 0 Å². The Balaban J connectivity index is 1.92. The number of piperidine rings is 1. The van der Waals surface area contributed by atoms with Gasteiger partial charge in [-0.3, -0.25) is 0 Å². The zero-order chi connectivity index (χ0) is 13.8. The normalized spacial score (nSPS) is 19.9. The minimum absolute atomic E-state index is 0.433. The van der Waals surface area contributed by atoms with Gasteiger partial charge in [0.05, 0.1) is 0 Å². The lowest BCUT2D eigenvalue weighted by Crippen LogP contribution is -2.36. The second-order valence-electron chi connectivity index (χ2n) is 5.99. The molecule has 1 saturated heterocycles. The van der Waals surface area contributed by atoms with Gasteiger partial charge in [0.1, 0.15) is 5.75 Å². The highest BCUT2D eigenvalue weighted by Gasteiger charge is 2.15. The largest absolute Gasteiger partial charge is 0.507 e. The zero-order valence-electron chi connectivity index (χ0n) is 12.4. The number of phenols is 1. The Morgan fingerprint density at radius 1 is 1.32 bits per heavy atom. The second-order valence-corrected chi connectivity index (χ2v) is 5.99. The van der Waals surface area contributed by atoms with Gasteiger partial charge >= 0.3 is 0 Å². The fourth-order valence-corrected chi connectivity index (χ4v) is 3.03. The van der Waals surface area contributed by atoms with Crippen molar-refractivity contribution in [3.63, 3.8) is 0 Å². The van der Waals surface area contributed by atoms with E-state index in [2.05, 4.69) is 29.4 Å². The van der Waals surface area contributed by atoms with Gasteiger partial charge in [-0.2, -0.15) is 0 Å². The SMILES string of the molecule is Cc1cc(CN(C)CC2CCCNC2)cc(C)c1O. The molecule has 1 heterocycles. The highest BCUT2D eigenvalue weighted by molar-refractivity contribution is 5.42. The van der Waals surface area contributed by atoms with Crippen LogP contribution < -0.4 is 5.32 Å². The standard InChI is InChI=1S/C16H26N2O/c1-12-7-15(8-13(2)16(12)19)11-18(3)10-14-5-4-6-17-9-14/h7-8,14,17,19H,4-6,9-11H2,1-3H3. The summed E-state index contributed by atoms with van der Waals surface area (Å²) in [4.78, 5) is 2.39. The molecule has 2 N–H and O–H groups in total. The molecule has 1 aliphatic rings. The van der Waals surface area contributed by atoms with Gasteiger partial charge in [0.2, 0.25) is 0 Å². The summed E-state index contributed by atoms with van der Waals surface area (Å²) in [5.41, 5.74) is 3.24. The van der Waals surface area contributed by atoms with Crippen LogP contribution in [-0.2, 0) is 6.54 Å². The average Bonchev–Trinajstić information content (AvgIpc) is 2.37. The first-order valence-electron chi connectivity index (χ1n) is 7.24. The van der Waals surface area contributed by atoms with Crippen LogP contribution in [0.1, 0.15) is 29.5 Å². The molecule has 0 aromatic heterocycles. The molecule has 1 aromatic carbocycles.